The van der Waals surface area contributed by atoms with Gasteiger partial charge < -0.3 is 0 Å². The molecule has 22 heavy (non-hydrogen) atoms. The van der Waals surface area contributed by atoms with Gasteiger partial charge in [-0.3, -0.25) is 4.72 Å². The van der Waals surface area contributed by atoms with Gasteiger partial charge in [-0.1, -0.05) is 29.8 Å². The fourth-order valence-corrected chi connectivity index (χ4v) is 3.92. The van der Waals surface area contributed by atoms with Crippen LogP contribution in [0.25, 0.3) is 6.08 Å². The predicted octanol–water partition coefficient (Wildman–Crippen LogP) is 4.63. The molecule has 0 saturated heterocycles. The molecule has 0 bridgehead atoms. The molecule has 0 saturated carbocycles. The third-order valence-electron chi connectivity index (χ3n) is 3.28. The van der Waals surface area contributed by atoms with E-state index in [4.69, 9.17) is 0 Å². The lowest BCUT2D eigenvalue weighted by molar-refractivity contribution is 0.609. The summed E-state index contributed by atoms with van der Waals surface area (Å²) in [6, 6.07) is 11.4. The number of rotatable bonds is 4. The first kappa shape index (κ1) is 17.0. The van der Waals surface area contributed by atoms with Crippen LogP contribution in [0, 0.1) is 24.3 Å². The van der Waals surface area contributed by atoms with Crippen LogP contribution < -0.4 is 4.72 Å². The summed E-state index contributed by atoms with van der Waals surface area (Å²) in [6.07, 6.45) is 1.66. The van der Waals surface area contributed by atoms with E-state index in [9.17, 15) is 8.42 Å². The first-order valence-electron chi connectivity index (χ1n) is 6.82. The Morgan fingerprint density at radius 3 is 2.23 bits per heavy atom. The molecule has 0 heterocycles. The molecule has 2 aromatic carbocycles. The van der Waals surface area contributed by atoms with Crippen LogP contribution >= 0.6 is 22.6 Å². The van der Waals surface area contributed by atoms with Crippen molar-refractivity contribution < 1.29 is 8.42 Å². The lowest BCUT2D eigenvalue weighted by Crippen LogP contribution is -2.09. The van der Waals surface area contributed by atoms with Gasteiger partial charge in [0.25, 0.3) is 10.0 Å². The van der Waals surface area contributed by atoms with Gasteiger partial charge in [0.15, 0.2) is 0 Å². The first-order valence-corrected chi connectivity index (χ1v) is 9.44. The number of halogens is 1. The summed E-state index contributed by atoms with van der Waals surface area (Å²) in [5.41, 5.74) is 4.84. The van der Waals surface area contributed by atoms with Crippen molar-refractivity contribution in [2.75, 3.05) is 4.72 Å². The van der Waals surface area contributed by atoms with Crippen molar-refractivity contribution in [1.29, 1.82) is 0 Å². The number of sulfonamides is 1. The quantitative estimate of drug-likeness (QED) is 0.724. The molecule has 0 aliphatic carbocycles. The van der Waals surface area contributed by atoms with Gasteiger partial charge in [-0.2, -0.15) is 0 Å². The normalized spacial score (nSPS) is 11.8. The molecule has 0 radical (unpaired) electrons. The van der Waals surface area contributed by atoms with Crippen molar-refractivity contribution in [3.63, 3.8) is 0 Å². The molecular formula is C17H18INO2S. The van der Waals surface area contributed by atoms with Crippen LogP contribution in [0.3, 0.4) is 0 Å². The minimum atomic E-state index is -3.53. The number of benzene rings is 2. The van der Waals surface area contributed by atoms with Crippen LogP contribution in [0.4, 0.5) is 5.69 Å². The Bertz CT molecular complexity index is 803. The number of nitrogens with one attached hydrogen (secondary N) is 1. The van der Waals surface area contributed by atoms with Gasteiger partial charge in [-0.15, -0.1) is 0 Å². The maximum absolute atomic E-state index is 12.2. The Morgan fingerprint density at radius 2 is 1.64 bits per heavy atom. The van der Waals surface area contributed by atoms with Crippen LogP contribution in [0.1, 0.15) is 22.3 Å². The Balaban J connectivity index is 2.28. The third kappa shape index (κ3) is 4.33. The standard InChI is InChI=1S/C17H18INO2S/c1-12-10-13(2)15(14(3)11-12)8-9-22(20,21)19-17-7-5-4-6-16(17)18/h4-11,19H,1-3H3. The van der Waals surface area contributed by atoms with Crippen LogP contribution in [-0.4, -0.2) is 8.42 Å². The summed E-state index contributed by atoms with van der Waals surface area (Å²) in [7, 11) is -3.53. The van der Waals surface area contributed by atoms with Crippen molar-refractivity contribution in [3.05, 3.63) is 67.6 Å². The first-order chi connectivity index (χ1) is 10.3. The summed E-state index contributed by atoms with van der Waals surface area (Å²) in [4.78, 5) is 0. The van der Waals surface area contributed by atoms with Crippen molar-refractivity contribution in [2.45, 2.75) is 20.8 Å². The summed E-state index contributed by atoms with van der Waals surface area (Å²) in [6.45, 7) is 6.00. The molecule has 116 valence electrons. The van der Waals surface area contributed by atoms with Crippen LogP contribution in [0.5, 0.6) is 0 Å². The van der Waals surface area contributed by atoms with Crippen LogP contribution in [-0.2, 0) is 10.0 Å². The Morgan fingerprint density at radius 1 is 1.05 bits per heavy atom. The number of anilines is 1. The summed E-state index contributed by atoms with van der Waals surface area (Å²) in [5, 5.41) is 1.22. The molecule has 5 heteroatoms. The Hall–Kier alpha value is -1.34. The molecule has 0 aliphatic rings. The van der Waals surface area contributed by atoms with Crippen molar-refractivity contribution >= 4 is 44.4 Å². The smallest absolute Gasteiger partial charge is 0.255 e. The second kappa shape index (κ2) is 6.83. The van der Waals surface area contributed by atoms with Gasteiger partial charge in [0.2, 0.25) is 0 Å². The van der Waals surface area contributed by atoms with Gasteiger partial charge >= 0.3 is 0 Å². The van der Waals surface area contributed by atoms with E-state index in [-0.39, 0.29) is 0 Å². The topological polar surface area (TPSA) is 46.2 Å². The maximum atomic E-state index is 12.2. The number of para-hydroxylation sites is 1. The fraction of sp³-hybridized carbons (Fsp3) is 0.176. The molecule has 0 aliphatic heterocycles. The summed E-state index contributed by atoms with van der Waals surface area (Å²) >= 11 is 2.10. The number of aryl methyl sites for hydroxylation is 3. The van der Waals surface area contributed by atoms with E-state index in [2.05, 4.69) is 27.3 Å². The minimum Gasteiger partial charge on any atom is -0.279 e. The van der Waals surface area contributed by atoms with E-state index >= 15 is 0 Å². The lowest BCUT2D eigenvalue weighted by atomic mass is 10.0. The van der Waals surface area contributed by atoms with Crippen molar-refractivity contribution in [3.8, 4) is 0 Å². The van der Waals surface area contributed by atoms with E-state index in [0.29, 0.717) is 5.69 Å². The van der Waals surface area contributed by atoms with E-state index < -0.39 is 10.0 Å². The largest absolute Gasteiger partial charge is 0.279 e. The van der Waals surface area contributed by atoms with Gasteiger partial charge in [0.05, 0.1) is 11.1 Å². The van der Waals surface area contributed by atoms with Crippen LogP contribution in [0.15, 0.2) is 41.8 Å². The maximum Gasteiger partial charge on any atom is 0.255 e. The molecule has 0 aromatic heterocycles. The lowest BCUT2D eigenvalue weighted by Gasteiger charge is -2.08. The van der Waals surface area contributed by atoms with Gasteiger partial charge in [-0.05, 0) is 78.3 Å². The highest BCUT2D eigenvalue weighted by molar-refractivity contribution is 14.1. The molecular weight excluding hydrogens is 409 g/mol. The van der Waals surface area contributed by atoms with Crippen LogP contribution in [0.2, 0.25) is 0 Å². The highest BCUT2D eigenvalue weighted by Crippen LogP contribution is 2.21. The average molecular weight is 427 g/mol. The number of hydrogen-bond donors (Lipinski definition) is 1. The molecule has 2 rings (SSSR count). The van der Waals surface area contributed by atoms with E-state index in [0.717, 1.165) is 20.3 Å². The fourth-order valence-electron chi connectivity index (χ4n) is 2.34. The number of hydrogen-bond acceptors (Lipinski definition) is 2. The predicted molar refractivity (Wildman–Crippen MR) is 101 cm³/mol. The molecule has 2 aromatic rings. The van der Waals surface area contributed by atoms with Crippen molar-refractivity contribution in [1.82, 2.24) is 0 Å². The Labute approximate surface area is 145 Å². The molecule has 0 fully saturated rings. The van der Waals surface area contributed by atoms with E-state index in [1.807, 2.05) is 45.0 Å². The summed E-state index contributed by atoms with van der Waals surface area (Å²) in [5.74, 6) is 0. The summed E-state index contributed by atoms with van der Waals surface area (Å²) < 4.78 is 27.9. The van der Waals surface area contributed by atoms with Gasteiger partial charge in [0.1, 0.15) is 0 Å². The van der Waals surface area contributed by atoms with Gasteiger partial charge in [-0.25, -0.2) is 8.42 Å². The third-order valence-corrected chi connectivity index (χ3v) is 5.22. The minimum absolute atomic E-state index is 0.588. The highest BCUT2D eigenvalue weighted by Gasteiger charge is 2.09. The van der Waals surface area contributed by atoms with E-state index in [1.165, 1.54) is 11.0 Å². The van der Waals surface area contributed by atoms with E-state index in [1.54, 1.807) is 18.2 Å². The molecule has 0 amide bonds. The molecule has 0 spiro atoms. The molecule has 0 unspecified atom stereocenters. The SMILES string of the molecule is Cc1cc(C)c(C=CS(=O)(=O)Nc2ccccc2I)c(C)c1. The molecule has 3 nitrogen and oxygen atoms in total. The second-order valence-corrected chi connectivity index (χ2v) is 7.97. The Kier molecular flexibility index (Phi) is 5.28. The van der Waals surface area contributed by atoms with Crippen molar-refractivity contribution in [2.24, 2.45) is 0 Å². The zero-order valence-electron chi connectivity index (χ0n) is 12.7. The van der Waals surface area contributed by atoms with Gasteiger partial charge in [0, 0.05) is 3.57 Å². The average Bonchev–Trinajstić information content (AvgIpc) is 2.40. The zero-order chi connectivity index (χ0) is 16.3. The second-order valence-electron chi connectivity index (χ2n) is 5.24. The molecule has 1 N–H and O–H groups in total. The monoisotopic (exact) mass is 427 g/mol. The highest BCUT2D eigenvalue weighted by atomic mass is 127. The zero-order valence-corrected chi connectivity index (χ0v) is 15.7. The molecule has 0 atom stereocenters.